The van der Waals surface area contributed by atoms with Gasteiger partial charge in [-0.2, -0.15) is 0 Å². The van der Waals surface area contributed by atoms with Crippen LogP contribution in [0.4, 0.5) is 0 Å². The van der Waals surface area contributed by atoms with Gasteiger partial charge in [-0.3, -0.25) is 4.90 Å². The van der Waals surface area contributed by atoms with Gasteiger partial charge in [0.15, 0.2) is 0 Å². The molecule has 0 aromatic rings. The number of likely N-dealkylation sites (N-methyl/N-ethyl adjacent to an activating group) is 1. The third-order valence-electron chi connectivity index (χ3n) is 3.01. The summed E-state index contributed by atoms with van der Waals surface area (Å²) in [6.45, 7) is 7.26. The quantitative estimate of drug-likeness (QED) is 0.692. The third kappa shape index (κ3) is 3.49. The first-order valence-corrected chi connectivity index (χ1v) is 5.65. The van der Waals surface area contributed by atoms with Gasteiger partial charge < -0.3 is 10.1 Å². The number of hydrogen-bond acceptors (Lipinski definition) is 3. The molecule has 0 aromatic heterocycles. The summed E-state index contributed by atoms with van der Waals surface area (Å²) in [4.78, 5) is 2.44. The first-order valence-electron chi connectivity index (χ1n) is 5.65. The van der Waals surface area contributed by atoms with Crippen LogP contribution < -0.4 is 5.32 Å². The Labute approximate surface area is 93.2 Å². The van der Waals surface area contributed by atoms with Crippen molar-refractivity contribution in [3.8, 4) is 12.3 Å². The molecular formula is C12H22N2O. The van der Waals surface area contributed by atoms with Crippen LogP contribution in [0.25, 0.3) is 0 Å². The molecule has 3 nitrogen and oxygen atoms in total. The topological polar surface area (TPSA) is 24.5 Å². The number of rotatable bonds is 4. The molecule has 1 aliphatic rings. The van der Waals surface area contributed by atoms with E-state index >= 15 is 0 Å². The zero-order valence-corrected chi connectivity index (χ0v) is 9.99. The van der Waals surface area contributed by atoms with E-state index in [0.29, 0.717) is 6.04 Å². The second-order valence-electron chi connectivity index (χ2n) is 4.30. The van der Waals surface area contributed by atoms with Gasteiger partial charge in [0.1, 0.15) is 0 Å². The molecule has 86 valence electrons. The first kappa shape index (κ1) is 12.5. The lowest BCUT2D eigenvalue weighted by Gasteiger charge is -2.38. The highest BCUT2D eigenvalue weighted by Crippen LogP contribution is 2.13. The van der Waals surface area contributed by atoms with Gasteiger partial charge in [0, 0.05) is 31.6 Å². The van der Waals surface area contributed by atoms with Crippen molar-refractivity contribution in [1.82, 2.24) is 10.2 Å². The average molecular weight is 210 g/mol. The summed E-state index contributed by atoms with van der Waals surface area (Å²) >= 11 is 0. The van der Waals surface area contributed by atoms with Crippen LogP contribution in [0.5, 0.6) is 0 Å². The lowest BCUT2D eigenvalue weighted by Crippen LogP contribution is -2.53. The summed E-state index contributed by atoms with van der Waals surface area (Å²) in [7, 11) is 1.94. The molecule has 0 aromatic carbocycles. The lowest BCUT2D eigenvalue weighted by atomic mass is 10.1. The molecule has 15 heavy (non-hydrogen) atoms. The van der Waals surface area contributed by atoms with E-state index in [9.17, 15) is 0 Å². The van der Waals surface area contributed by atoms with Crippen LogP contribution in [-0.4, -0.2) is 49.8 Å². The predicted octanol–water partition coefficient (Wildman–Crippen LogP) is 0.707. The van der Waals surface area contributed by atoms with Crippen LogP contribution in [0.3, 0.4) is 0 Å². The van der Waals surface area contributed by atoms with Crippen molar-refractivity contribution in [3.63, 3.8) is 0 Å². The summed E-state index contributed by atoms with van der Waals surface area (Å²) in [6, 6.07) is 0.858. The number of morpholine rings is 1. The van der Waals surface area contributed by atoms with Crippen LogP contribution >= 0.6 is 0 Å². The Morgan fingerprint density at radius 1 is 1.60 bits per heavy atom. The van der Waals surface area contributed by atoms with E-state index in [1.165, 1.54) is 0 Å². The van der Waals surface area contributed by atoms with E-state index in [-0.39, 0.29) is 12.1 Å². The van der Waals surface area contributed by atoms with Crippen molar-refractivity contribution in [3.05, 3.63) is 0 Å². The van der Waals surface area contributed by atoms with Gasteiger partial charge >= 0.3 is 0 Å². The lowest BCUT2D eigenvalue weighted by molar-refractivity contribution is -0.0535. The molecule has 1 aliphatic heterocycles. The zero-order valence-electron chi connectivity index (χ0n) is 9.99. The van der Waals surface area contributed by atoms with E-state index < -0.39 is 0 Å². The maximum atomic E-state index is 5.76. The van der Waals surface area contributed by atoms with E-state index in [4.69, 9.17) is 11.2 Å². The molecule has 2 atom stereocenters. The van der Waals surface area contributed by atoms with Gasteiger partial charge in [0.05, 0.1) is 12.7 Å². The molecule has 2 unspecified atom stereocenters. The van der Waals surface area contributed by atoms with Gasteiger partial charge in [0.25, 0.3) is 0 Å². The SMILES string of the molecule is C#CCC(NC)C1CN(C(C)C)CCO1. The maximum Gasteiger partial charge on any atom is 0.0864 e. The van der Waals surface area contributed by atoms with Crippen LogP contribution in [0.2, 0.25) is 0 Å². The third-order valence-corrected chi connectivity index (χ3v) is 3.01. The Bertz CT molecular complexity index is 222. The van der Waals surface area contributed by atoms with E-state index in [1.54, 1.807) is 0 Å². The fraction of sp³-hybridized carbons (Fsp3) is 0.833. The smallest absolute Gasteiger partial charge is 0.0864 e. The van der Waals surface area contributed by atoms with Crippen LogP contribution in [0, 0.1) is 12.3 Å². The molecule has 0 amide bonds. The minimum Gasteiger partial charge on any atom is -0.374 e. The second kappa shape index (κ2) is 6.12. The Kier molecular flexibility index (Phi) is 5.10. The fourth-order valence-corrected chi connectivity index (χ4v) is 1.96. The summed E-state index contributed by atoms with van der Waals surface area (Å²) in [5, 5.41) is 3.24. The highest BCUT2D eigenvalue weighted by Gasteiger charge is 2.27. The zero-order chi connectivity index (χ0) is 11.3. The number of nitrogens with one attached hydrogen (secondary N) is 1. The minimum absolute atomic E-state index is 0.224. The Balaban J connectivity index is 2.50. The Morgan fingerprint density at radius 3 is 2.87 bits per heavy atom. The molecule has 0 saturated carbocycles. The molecule has 0 spiro atoms. The monoisotopic (exact) mass is 210 g/mol. The molecule has 1 saturated heterocycles. The van der Waals surface area contributed by atoms with Crippen molar-refractivity contribution >= 4 is 0 Å². The molecule has 3 heteroatoms. The van der Waals surface area contributed by atoms with Crippen molar-refractivity contribution in [2.24, 2.45) is 0 Å². The van der Waals surface area contributed by atoms with Gasteiger partial charge in [-0.05, 0) is 20.9 Å². The summed E-state index contributed by atoms with van der Waals surface area (Å²) < 4.78 is 5.76. The van der Waals surface area contributed by atoms with E-state index in [0.717, 1.165) is 26.1 Å². The van der Waals surface area contributed by atoms with E-state index in [2.05, 4.69) is 30.0 Å². The van der Waals surface area contributed by atoms with Crippen molar-refractivity contribution in [2.45, 2.75) is 38.5 Å². The van der Waals surface area contributed by atoms with E-state index in [1.807, 2.05) is 7.05 Å². The highest BCUT2D eigenvalue weighted by molar-refractivity contribution is 4.94. The number of hydrogen-bond donors (Lipinski definition) is 1. The number of ether oxygens (including phenoxy) is 1. The van der Waals surface area contributed by atoms with Crippen LogP contribution in [0.1, 0.15) is 20.3 Å². The number of nitrogens with zero attached hydrogens (tertiary/aromatic N) is 1. The van der Waals surface area contributed by atoms with Crippen LogP contribution in [0.15, 0.2) is 0 Å². The van der Waals surface area contributed by atoms with Gasteiger partial charge in [-0.25, -0.2) is 0 Å². The molecule has 0 aliphatic carbocycles. The first-order chi connectivity index (χ1) is 7.19. The standard InChI is InChI=1S/C12H22N2O/c1-5-6-11(13-4)12-9-14(10(2)3)7-8-15-12/h1,10-13H,6-9H2,2-4H3. The van der Waals surface area contributed by atoms with Crippen molar-refractivity contribution in [2.75, 3.05) is 26.7 Å². The Morgan fingerprint density at radius 2 is 2.33 bits per heavy atom. The minimum atomic E-state index is 0.224. The van der Waals surface area contributed by atoms with Gasteiger partial charge in [-0.15, -0.1) is 12.3 Å². The predicted molar refractivity (Wildman–Crippen MR) is 62.7 cm³/mol. The van der Waals surface area contributed by atoms with Gasteiger partial charge in [-0.1, -0.05) is 0 Å². The summed E-state index contributed by atoms with van der Waals surface area (Å²) in [6.07, 6.45) is 6.30. The van der Waals surface area contributed by atoms with Gasteiger partial charge in [0.2, 0.25) is 0 Å². The number of terminal acetylenes is 1. The summed E-state index contributed by atoms with van der Waals surface area (Å²) in [5.41, 5.74) is 0. The maximum absolute atomic E-state index is 5.76. The second-order valence-corrected chi connectivity index (χ2v) is 4.30. The fourth-order valence-electron chi connectivity index (χ4n) is 1.96. The molecule has 0 bridgehead atoms. The molecule has 1 fully saturated rings. The molecule has 0 radical (unpaired) electrons. The summed E-state index contributed by atoms with van der Waals surface area (Å²) in [5.74, 6) is 2.70. The molecular weight excluding hydrogens is 188 g/mol. The average Bonchev–Trinajstić information content (AvgIpc) is 2.26. The molecule has 1 rings (SSSR count). The molecule has 1 heterocycles. The normalized spacial score (nSPS) is 25.1. The largest absolute Gasteiger partial charge is 0.374 e. The van der Waals surface area contributed by atoms with Crippen molar-refractivity contribution in [1.29, 1.82) is 0 Å². The highest BCUT2D eigenvalue weighted by atomic mass is 16.5. The molecule has 1 N–H and O–H groups in total. The van der Waals surface area contributed by atoms with Crippen LogP contribution in [-0.2, 0) is 4.74 Å². The Hall–Kier alpha value is -0.560. The van der Waals surface area contributed by atoms with Crippen molar-refractivity contribution < 1.29 is 4.74 Å².